The SMILES string of the molecule is CC(C)Cn1c(CBr)nnc1C(C)c1ccccc1. The topological polar surface area (TPSA) is 30.7 Å². The van der Waals surface area contributed by atoms with Crippen LogP contribution in [0.15, 0.2) is 30.3 Å². The van der Waals surface area contributed by atoms with Crippen LogP contribution in [0.25, 0.3) is 0 Å². The summed E-state index contributed by atoms with van der Waals surface area (Å²) in [6.45, 7) is 7.58. The number of hydrogen-bond acceptors (Lipinski definition) is 2. The summed E-state index contributed by atoms with van der Waals surface area (Å²) in [5, 5.41) is 9.44. The van der Waals surface area contributed by atoms with Crippen LogP contribution in [-0.2, 0) is 11.9 Å². The Morgan fingerprint density at radius 2 is 1.79 bits per heavy atom. The predicted molar refractivity (Wildman–Crippen MR) is 81.5 cm³/mol. The molecule has 102 valence electrons. The van der Waals surface area contributed by atoms with Crippen LogP contribution in [0, 0.1) is 5.92 Å². The van der Waals surface area contributed by atoms with Gasteiger partial charge in [0.15, 0.2) is 0 Å². The second-order valence-corrected chi connectivity index (χ2v) is 5.81. The Morgan fingerprint density at radius 3 is 2.37 bits per heavy atom. The lowest BCUT2D eigenvalue weighted by atomic mass is 10.0. The van der Waals surface area contributed by atoms with Gasteiger partial charge in [-0.05, 0) is 11.5 Å². The Morgan fingerprint density at radius 1 is 1.11 bits per heavy atom. The fourth-order valence-corrected chi connectivity index (χ4v) is 2.64. The highest BCUT2D eigenvalue weighted by Crippen LogP contribution is 2.24. The first-order valence-electron chi connectivity index (χ1n) is 6.66. The fraction of sp³-hybridized carbons (Fsp3) is 0.467. The van der Waals surface area contributed by atoms with Crippen LogP contribution in [0.3, 0.4) is 0 Å². The molecule has 1 aromatic heterocycles. The molecule has 1 aromatic carbocycles. The molecular weight excluding hydrogens is 302 g/mol. The quantitative estimate of drug-likeness (QED) is 0.780. The number of rotatable bonds is 5. The standard InChI is InChI=1S/C15H20BrN3/c1-11(2)10-19-14(9-16)17-18-15(19)12(3)13-7-5-4-6-8-13/h4-8,11-12H,9-10H2,1-3H3. The molecule has 19 heavy (non-hydrogen) atoms. The van der Waals surface area contributed by atoms with Gasteiger partial charge in [-0.25, -0.2) is 0 Å². The number of benzene rings is 1. The van der Waals surface area contributed by atoms with E-state index in [1.165, 1.54) is 5.56 Å². The van der Waals surface area contributed by atoms with E-state index in [2.05, 4.69) is 75.7 Å². The summed E-state index contributed by atoms with van der Waals surface area (Å²) in [7, 11) is 0. The molecule has 0 aliphatic heterocycles. The lowest BCUT2D eigenvalue weighted by Gasteiger charge is -2.16. The van der Waals surface area contributed by atoms with Crippen LogP contribution in [0.1, 0.15) is 43.9 Å². The highest BCUT2D eigenvalue weighted by molar-refractivity contribution is 9.08. The van der Waals surface area contributed by atoms with Crippen LogP contribution < -0.4 is 0 Å². The second kappa shape index (κ2) is 6.33. The lowest BCUT2D eigenvalue weighted by molar-refractivity contribution is 0.492. The molecule has 1 atom stereocenters. The normalized spacial score (nSPS) is 12.9. The van der Waals surface area contributed by atoms with Gasteiger partial charge in [-0.15, -0.1) is 10.2 Å². The van der Waals surface area contributed by atoms with E-state index < -0.39 is 0 Å². The summed E-state index contributed by atoms with van der Waals surface area (Å²) in [5.74, 6) is 2.90. The molecule has 2 rings (SSSR count). The minimum Gasteiger partial charge on any atom is -0.314 e. The molecule has 0 aliphatic carbocycles. The average Bonchev–Trinajstić information content (AvgIpc) is 2.81. The predicted octanol–water partition coefficient (Wildman–Crippen LogP) is 3.98. The number of nitrogens with zero attached hydrogens (tertiary/aromatic N) is 3. The number of alkyl halides is 1. The molecule has 1 unspecified atom stereocenters. The van der Waals surface area contributed by atoms with Crippen molar-refractivity contribution in [2.24, 2.45) is 5.92 Å². The molecule has 0 spiro atoms. The first-order valence-corrected chi connectivity index (χ1v) is 7.78. The van der Waals surface area contributed by atoms with Crippen molar-refractivity contribution in [1.29, 1.82) is 0 Å². The van der Waals surface area contributed by atoms with E-state index in [0.29, 0.717) is 5.92 Å². The summed E-state index contributed by atoms with van der Waals surface area (Å²) in [4.78, 5) is 0. The van der Waals surface area contributed by atoms with Gasteiger partial charge in [0.1, 0.15) is 11.6 Å². The van der Waals surface area contributed by atoms with Crippen LogP contribution in [-0.4, -0.2) is 14.8 Å². The minimum absolute atomic E-state index is 0.264. The molecule has 0 radical (unpaired) electrons. The highest BCUT2D eigenvalue weighted by atomic mass is 79.9. The molecule has 3 nitrogen and oxygen atoms in total. The molecule has 0 aliphatic rings. The van der Waals surface area contributed by atoms with Crippen molar-refractivity contribution in [2.75, 3.05) is 0 Å². The van der Waals surface area contributed by atoms with Gasteiger partial charge in [0.2, 0.25) is 0 Å². The van der Waals surface area contributed by atoms with Gasteiger partial charge in [0.25, 0.3) is 0 Å². The third kappa shape index (κ3) is 3.24. The summed E-state index contributed by atoms with van der Waals surface area (Å²) in [5.41, 5.74) is 1.28. The zero-order valence-electron chi connectivity index (χ0n) is 11.7. The van der Waals surface area contributed by atoms with E-state index in [1.807, 2.05) is 6.07 Å². The first-order chi connectivity index (χ1) is 9.13. The molecule has 0 saturated carbocycles. The maximum atomic E-state index is 4.40. The minimum atomic E-state index is 0.264. The van der Waals surface area contributed by atoms with Gasteiger partial charge in [-0.3, -0.25) is 0 Å². The average molecular weight is 322 g/mol. The summed E-state index contributed by atoms with van der Waals surface area (Å²) in [6.07, 6.45) is 0. The highest BCUT2D eigenvalue weighted by Gasteiger charge is 2.19. The molecule has 2 aromatic rings. The van der Waals surface area contributed by atoms with Crippen molar-refractivity contribution in [3.8, 4) is 0 Å². The molecule has 0 fully saturated rings. The van der Waals surface area contributed by atoms with E-state index in [9.17, 15) is 0 Å². The number of aromatic nitrogens is 3. The third-order valence-electron chi connectivity index (χ3n) is 3.21. The van der Waals surface area contributed by atoms with Crippen molar-refractivity contribution in [1.82, 2.24) is 14.8 Å². The maximum Gasteiger partial charge on any atom is 0.143 e. The Kier molecular flexibility index (Phi) is 4.75. The van der Waals surface area contributed by atoms with Crippen LogP contribution in [0.5, 0.6) is 0 Å². The number of hydrogen-bond donors (Lipinski definition) is 0. The van der Waals surface area contributed by atoms with E-state index in [4.69, 9.17) is 0 Å². The largest absolute Gasteiger partial charge is 0.314 e. The van der Waals surface area contributed by atoms with Crippen LogP contribution in [0.2, 0.25) is 0 Å². The summed E-state index contributed by atoms with van der Waals surface area (Å²) in [6, 6.07) is 10.5. The lowest BCUT2D eigenvalue weighted by Crippen LogP contribution is -2.13. The van der Waals surface area contributed by atoms with Crippen molar-refractivity contribution >= 4 is 15.9 Å². The molecule has 0 amide bonds. The number of halogens is 1. The van der Waals surface area contributed by atoms with Crippen LogP contribution in [0.4, 0.5) is 0 Å². The summed E-state index contributed by atoms with van der Waals surface area (Å²) >= 11 is 3.49. The zero-order valence-corrected chi connectivity index (χ0v) is 13.3. The second-order valence-electron chi connectivity index (χ2n) is 5.24. The van der Waals surface area contributed by atoms with Crippen molar-refractivity contribution in [3.05, 3.63) is 47.5 Å². The molecular formula is C15H20BrN3. The van der Waals surface area contributed by atoms with Crippen LogP contribution >= 0.6 is 15.9 Å². The smallest absolute Gasteiger partial charge is 0.143 e. The van der Waals surface area contributed by atoms with Gasteiger partial charge in [-0.1, -0.05) is 67.0 Å². The van der Waals surface area contributed by atoms with Crippen molar-refractivity contribution in [3.63, 3.8) is 0 Å². The maximum absolute atomic E-state index is 4.40. The Balaban J connectivity index is 2.36. The Bertz CT molecular complexity index is 519. The van der Waals surface area contributed by atoms with E-state index in [1.54, 1.807) is 0 Å². The van der Waals surface area contributed by atoms with Gasteiger partial charge in [0.05, 0.1) is 5.33 Å². The molecule has 0 saturated heterocycles. The third-order valence-corrected chi connectivity index (χ3v) is 3.71. The van der Waals surface area contributed by atoms with E-state index >= 15 is 0 Å². The fourth-order valence-electron chi connectivity index (χ4n) is 2.22. The van der Waals surface area contributed by atoms with Gasteiger partial charge < -0.3 is 4.57 Å². The van der Waals surface area contributed by atoms with Crippen molar-refractivity contribution in [2.45, 2.75) is 38.6 Å². The molecule has 4 heteroatoms. The van der Waals surface area contributed by atoms with Gasteiger partial charge in [-0.2, -0.15) is 0 Å². The van der Waals surface area contributed by atoms with Gasteiger partial charge in [0, 0.05) is 12.5 Å². The molecule has 1 heterocycles. The van der Waals surface area contributed by atoms with Gasteiger partial charge >= 0.3 is 0 Å². The Hall–Kier alpha value is -1.16. The molecule has 0 bridgehead atoms. The molecule has 0 N–H and O–H groups in total. The summed E-state index contributed by atoms with van der Waals surface area (Å²) < 4.78 is 2.25. The zero-order chi connectivity index (χ0) is 13.8. The van der Waals surface area contributed by atoms with Crippen molar-refractivity contribution < 1.29 is 0 Å². The first kappa shape index (κ1) is 14.3. The van der Waals surface area contributed by atoms with E-state index in [0.717, 1.165) is 23.5 Å². The van der Waals surface area contributed by atoms with E-state index in [-0.39, 0.29) is 5.92 Å². The monoisotopic (exact) mass is 321 g/mol. The Labute approximate surface area is 123 Å².